The summed E-state index contributed by atoms with van der Waals surface area (Å²) in [4.78, 5) is 12.3. The molecule has 2 aromatic carbocycles. The van der Waals surface area contributed by atoms with Gasteiger partial charge in [-0.25, -0.2) is 8.42 Å². The first kappa shape index (κ1) is 20.9. The quantitative estimate of drug-likeness (QED) is 0.563. The maximum atomic E-state index is 12.9. The first-order chi connectivity index (χ1) is 13.7. The summed E-state index contributed by atoms with van der Waals surface area (Å²) in [5.74, 6) is 0.202. The molecule has 1 aliphatic heterocycles. The van der Waals surface area contributed by atoms with Gasteiger partial charge in [-0.1, -0.05) is 0 Å². The van der Waals surface area contributed by atoms with Gasteiger partial charge in [0.05, 0.1) is 15.9 Å². The Hall–Kier alpha value is -2.85. The van der Waals surface area contributed by atoms with Crippen LogP contribution in [0.2, 0.25) is 0 Å². The van der Waals surface area contributed by atoms with Crippen molar-refractivity contribution in [3.63, 3.8) is 0 Å². The van der Waals surface area contributed by atoms with Gasteiger partial charge in [-0.15, -0.1) is 0 Å². The van der Waals surface area contributed by atoms with E-state index < -0.39 is 20.7 Å². The van der Waals surface area contributed by atoms with Crippen molar-refractivity contribution in [3.8, 4) is 11.5 Å². The SMILES string of the molecule is CC(C)Oc1ccc(S(=O)(=O)N2CCN(c3ccc([N+](=O)[O-])c(O)c3)CC2)cc1. The average molecular weight is 421 g/mol. The Morgan fingerprint density at radius 2 is 1.69 bits per heavy atom. The summed E-state index contributed by atoms with van der Waals surface area (Å²) in [7, 11) is -3.63. The number of sulfonamides is 1. The van der Waals surface area contributed by atoms with E-state index in [1.165, 1.54) is 28.6 Å². The van der Waals surface area contributed by atoms with Gasteiger partial charge < -0.3 is 14.7 Å². The molecular weight excluding hydrogens is 398 g/mol. The van der Waals surface area contributed by atoms with Gasteiger partial charge in [0, 0.05) is 44.0 Å². The van der Waals surface area contributed by atoms with Gasteiger partial charge in [0.15, 0.2) is 5.75 Å². The van der Waals surface area contributed by atoms with Crippen molar-refractivity contribution in [2.24, 2.45) is 0 Å². The van der Waals surface area contributed by atoms with Crippen molar-refractivity contribution < 1.29 is 23.2 Å². The fourth-order valence-corrected chi connectivity index (χ4v) is 4.58. The smallest absolute Gasteiger partial charge is 0.310 e. The number of rotatable bonds is 6. The van der Waals surface area contributed by atoms with E-state index >= 15 is 0 Å². The molecule has 1 fully saturated rings. The summed E-state index contributed by atoms with van der Waals surface area (Å²) in [6.45, 7) is 5.15. The molecule has 0 radical (unpaired) electrons. The molecule has 0 atom stereocenters. The molecule has 1 aliphatic rings. The lowest BCUT2D eigenvalue weighted by Gasteiger charge is -2.35. The predicted molar refractivity (Wildman–Crippen MR) is 108 cm³/mol. The van der Waals surface area contributed by atoms with Gasteiger partial charge in [0.1, 0.15) is 5.75 Å². The Balaban J connectivity index is 1.68. The number of benzene rings is 2. The number of nitrogens with zero attached hydrogens (tertiary/aromatic N) is 3. The lowest BCUT2D eigenvalue weighted by molar-refractivity contribution is -0.385. The predicted octanol–water partition coefficient (Wildman–Crippen LogP) is 2.60. The van der Waals surface area contributed by atoms with E-state index in [2.05, 4.69) is 0 Å². The highest BCUT2D eigenvalue weighted by molar-refractivity contribution is 7.89. The molecule has 1 saturated heterocycles. The van der Waals surface area contributed by atoms with Gasteiger partial charge in [-0.2, -0.15) is 4.31 Å². The molecule has 1 N–H and O–H groups in total. The number of phenols is 1. The van der Waals surface area contributed by atoms with Crippen LogP contribution in [0.25, 0.3) is 0 Å². The molecule has 0 aromatic heterocycles. The molecule has 156 valence electrons. The summed E-state index contributed by atoms with van der Waals surface area (Å²) in [6.07, 6.45) is 0.00407. The number of nitro groups is 1. The highest BCUT2D eigenvalue weighted by atomic mass is 32.2. The minimum atomic E-state index is -3.63. The topological polar surface area (TPSA) is 113 Å². The lowest BCUT2D eigenvalue weighted by Crippen LogP contribution is -2.48. The summed E-state index contributed by atoms with van der Waals surface area (Å²) in [6, 6.07) is 10.5. The number of hydrogen-bond donors (Lipinski definition) is 1. The molecule has 10 heteroatoms. The van der Waals surface area contributed by atoms with Crippen LogP contribution in [-0.4, -0.2) is 55.0 Å². The van der Waals surface area contributed by atoms with Crippen LogP contribution in [0.4, 0.5) is 11.4 Å². The first-order valence-corrected chi connectivity index (χ1v) is 10.6. The van der Waals surface area contributed by atoms with E-state index in [0.717, 1.165) is 0 Å². The molecule has 2 aromatic rings. The van der Waals surface area contributed by atoms with Gasteiger partial charge in [-0.05, 0) is 44.2 Å². The molecule has 0 aliphatic carbocycles. The summed E-state index contributed by atoms with van der Waals surface area (Å²) in [5, 5.41) is 20.6. The number of piperazine rings is 1. The molecule has 0 spiro atoms. The average Bonchev–Trinajstić information content (AvgIpc) is 2.67. The van der Waals surface area contributed by atoms with Crippen molar-refractivity contribution >= 4 is 21.4 Å². The number of hydrogen-bond acceptors (Lipinski definition) is 7. The second-order valence-corrected chi connectivity index (χ2v) is 8.90. The van der Waals surface area contributed by atoms with Crippen LogP contribution in [-0.2, 0) is 10.0 Å². The first-order valence-electron chi connectivity index (χ1n) is 9.17. The zero-order valence-electron chi connectivity index (χ0n) is 16.2. The van der Waals surface area contributed by atoms with Crippen molar-refractivity contribution in [3.05, 3.63) is 52.6 Å². The second-order valence-electron chi connectivity index (χ2n) is 6.96. The Morgan fingerprint density at radius 3 is 2.21 bits per heavy atom. The molecular formula is C19H23N3O6S. The molecule has 0 saturated carbocycles. The van der Waals surface area contributed by atoms with Gasteiger partial charge >= 0.3 is 5.69 Å². The van der Waals surface area contributed by atoms with E-state index in [1.54, 1.807) is 18.2 Å². The van der Waals surface area contributed by atoms with Gasteiger partial charge in [0.25, 0.3) is 0 Å². The van der Waals surface area contributed by atoms with Crippen molar-refractivity contribution in [2.75, 3.05) is 31.1 Å². The zero-order valence-corrected chi connectivity index (χ0v) is 17.0. The second kappa shape index (κ2) is 8.26. The molecule has 9 nitrogen and oxygen atoms in total. The van der Waals surface area contributed by atoms with Crippen LogP contribution in [0.5, 0.6) is 11.5 Å². The highest BCUT2D eigenvalue weighted by Gasteiger charge is 2.29. The maximum Gasteiger partial charge on any atom is 0.310 e. The van der Waals surface area contributed by atoms with Crippen LogP contribution < -0.4 is 9.64 Å². The molecule has 0 bridgehead atoms. The van der Waals surface area contributed by atoms with E-state index in [4.69, 9.17) is 4.74 Å². The van der Waals surface area contributed by atoms with E-state index in [0.29, 0.717) is 24.5 Å². The summed E-state index contributed by atoms with van der Waals surface area (Å²) in [5.41, 5.74) is 0.250. The normalized spacial score (nSPS) is 15.5. The minimum Gasteiger partial charge on any atom is -0.502 e. The number of anilines is 1. The minimum absolute atomic E-state index is 0.00407. The number of aromatic hydroxyl groups is 1. The van der Waals surface area contributed by atoms with Crippen LogP contribution in [0, 0.1) is 10.1 Å². The Kier molecular flexibility index (Phi) is 5.94. The highest BCUT2D eigenvalue weighted by Crippen LogP contribution is 2.31. The Labute approximate surface area is 169 Å². The zero-order chi connectivity index (χ0) is 21.2. The summed E-state index contributed by atoms with van der Waals surface area (Å²) < 4.78 is 32.7. The molecule has 0 amide bonds. The third kappa shape index (κ3) is 4.60. The largest absolute Gasteiger partial charge is 0.502 e. The van der Waals surface area contributed by atoms with Gasteiger partial charge in [-0.3, -0.25) is 10.1 Å². The van der Waals surface area contributed by atoms with E-state index in [9.17, 15) is 23.6 Å². The summed E-state index contributed by atoms with van der Waals surface area (Å²) >= 11 is 0. The Morgan fingerprint density at radius 1 is 1.07 bits per heavy atom. The number of nitro benzene ring substituents is 1. The standard InChI is InChI=1S/C19H23N3O6S/c1-14(2)28-16-4-6-17(7-5-16)29(26,27)21-11-9-20(10-12-21)15-3-8-18(22(24)25)19(23)13-15/h3-8,13-14,23H,9-12H2,1-2H3. The van der Waals surface area contributed by atoms with Crippen molar-refractivity contribution in [1.29, 1.82) is 0 Å². The third-order valence-corrected chi connectivity index (χ3v) is 6.51. The van der Waals surface area contributed by atoms with Crippen molar-refractivity contribution in [2.45, 2.75) is 24.8 Å². The third-order valence-electron chi connectivity index (χ3n) is 4.59. The van der Waals surface area contributed by atoms with E-state index in [-0.39, 0.29) is 29.8 Å². The van der Waals surface area contributed by atoms with Crippen LogP contribution in [0.3, 0.4) is 0 Å². The molecule has 3 rings (SSSR count). The van der Waals surface area contributed by atoms with E-state index in [1.807, 2.05) is 18.7 Å². The molecule has 1 heterocycles. The van der Waals surface area contributed by atoms with Crippen LogP contribution in [0.15, 0.2) is 47.4 Å². The molecule has 0 unspecified atom stereocenters. The maximum absolute atomic E-state index is 12.9. The fraction of sp³-hybridized carbons (Fsp3) is 0.368. The Bertz CT molecular complexity index is 984. The van der Waals surface area contributed by atoms with Crippen molar-refractivity contribution in [1.82, 2.24) is 4.31 Å². The fourth-order valence-electron chi connectivity index (χ4n) is 3.16. The monoisotopic (exact) mass is 421 g/mol. The van der Waals surface area contributed by atoms with Crippen LogP contribution >= 0.6 is 0 Å². The van der Waals surface area contributed by atoms with Crippen LogP contribution in [0.1, 0.15) is 13.8 Å². The molecule has 29 heavy (non-hydrogen) atoms. The van der Waals surface area contributed by atoms with Gasteiger partial charge in [0.2, 0.25) is 10.0 Å². The number of ether oxygens (including phenoxy) is 1. The number of phenolic OH excluding ortho intramolecular Hbond substituents is 1. The lowest BCUT2D eigenvalue weighted by atomic mass is 10.2.